The molecule has 0 unspecified atom stereocenters. The second-order valence-electron chi connectivity index (χ2n) is 3.67. The number of carbonyl (C=O) groups excluding carboxylic acids is 1. The molecule has 0 saturated heterocycles. The number of hydrogen-bond acceptors (Lipinski definition) is 2. The van der Waals surface area contributed by atoms with Crippen LogP contribution in [0.25, 0.3) is 0 Å². The lowest BCUT2D eigenvalue weighted by Crippen LogP contribution is -2.01. The van der Waals surface area contributed by atoms with E-state index in [9.17, 15) is 4.79 Å². The lowest BCUT2D eigenvalue weighted by Gasteiger charge is -2.10. The van der Waals surface area contributed by atoms with Crippen molar-refractivity contribution in [1.82, 2.24) is 0 Å². The zero-order valence-corrected chi connectivity index (χ0v) is 9.25. The lowest BCUT2D eigenvalue weighted by atomic mass is 10.1. The number of hydrogen-bond donors (Lipinski definition) is 0. The molecule has 2 nitrogen and oxygen atoms in total. The van der Waals surface area contributed by atoms with Crippen LogP contribution in [0.4, 0.5) is 0 Å². The quantitative estimate of drug-likeness (QED) is 0.544. The van der Waals surface area contributed by atoms with E-state index in [2.05, 4.69) is 6.58 Å². The molecular weight excluding hydrogens is 188 g/mol. The Labute approximate surface area is 90.6 Å². The van der Waals surface area contributed by atoms with Crippen LogP contribution in [0, 0.1) is 6.92 Å². The van der Waals surface area contributed by atoms with Gasteiger partial charge >= 0.3 is 0 Å². The van der Waals surface area contributed by atoms with Gasteiger partial charge in [-0.3, -0.25) is 4.79 Å². The summed E-state index contributed by atoms with van der Waals surface area (Å²) < 4.78 is 5.58. The van der Waals surface area contributed by atoms with Crippen molar-refractivity contribution in [3.05, 3.63) is 41.5 Å². The fourth-order valence-corrected chi connectivity index (χ4v) is 1.29. The molecule has 15 heavy (non-hydrogen) atoms. The van der Waals surface area contributed by atoms with Crippen molar-refractivity contribution in [1.29, 1.82) is 0 Å². The molecular formula is C13H16O2. The zero-order chi connectivity index (χ0) is 11.3. The zero-order valence-electron chi connectivity index (χ0n) is 9.25. The first kappa shape index (κ1) is 11.5. The number of benzene rings is 1. The number of ether oxygens (including phenoxy) is 1. The first-order chi connectivity index (χ1) is 7.15. The predicted octanol–water partition coefficient (Wildman–Crippen LogP) is 3.15. The summed E-state index contributed by atoms with van der Waals surface area (Å²) in [5, 5.41) is 0. The van der Waals surface area contributed by atoms with Gasteiger partial charge in [-0.2, -0.15) is 0 Å². The smallest absolute Gasteiger partial charge is 0.153 e. The van der Waals surface area contributed by atoms with Crippen LogP contribution in [-0.4, -0.2) is 12.9 Å². The topological polar surface area (TPSA) is 26.3 Å². The van der Waals surface area contributed by atoms with Gasteiger partial charge in [0, 0.05) is 6.42 Å². The molecule has 0 radical (unpaired) electrons. The molecule has 80 valence electrons. The summed E-state index contributed by atoms with van der Waals surface area (Å²) >= 11 is 0. The van der Waals surface area contributed by atoms with Crippen LogP contribution in [0.5, 0.6) is 5.75 Å². The van der Waals surface area contributed by atoms with Crippen LogP contribution in [0.3, 0.4) is 0 Å². The standard InChI is InChI=1S/C13H16O2/c1-10(2)7-8-15-13-11(3)5-4-6-12(13)9-14/h4-6,9H,1,7-8H2,2-3H3. The van der Waals surface area contributed by atoms with E-state index < -0.39 is 0 Å². The molecule has 0 amide bonds. The van der Waals surface area contributed by atoms with E-state index in [0.717, 1.165) is 23.8 Å². The molecule has 0 N–H and O–H groups in total. The first-order valence-corrected chi connectivity index (χ1v) is 4.97. The fraction of sp³-hybridized carbons (Fsp3) is 0.308. The summed E-state index contributed by atoms with van der Waals surface area (Å²) in [6, 6.07) is 5.55. The summed E-state index contributed by atoms with van der Waals surface area (Å²) in [5.41, 5.74) is 2.68. The van der Waals surface area contributed by atoms with Crippen molar-refractivity contribution in [3.63, 3.8) is 0 Å². The van der Waals surface area contributed by atoms with Gasteiger partial charge in [0.2, 0.25) is 0 Å². The highest BCUT2D eigenvalue weighted by molar-refractivity contribution is 5.80. The predicted molar refractivity (Wildman–Crippen MR) is 61.5 cm³/mol. The Balaban J connectivity index is 2.74. The molecule has 1 aromatic rings. The van der Waals surface area contributed by atoms with E-state index >= 15 is 0 Å². The molecule has 0 aromatic heterocycles. The second kappa shape index (κ2) is 5.35. The maximum absolute atomic E-state index is 10.8. The Hall–Kier alpha value is -1.57. The number of carbonyl (C=O) groups is 1. The summed E-state index contributed by atoms with van der Waals surface area (Å²) in [6.45, 7) is 8.27. The summed E-state index contributed by atoms with van der Waals surface area (Å²) in [4.78, 5) is 10.8. The lowest BCUT2D eigenvalue weighted by molar-refractivity contribution is 0.111. The van der Waals surface area contributed by atoms with Gasteiger partial charge in [0.05, 0.1) is 12.2 Å². The van der Waals surface area contributed by atoms with E-state index in [1.165, 1.54) is 0 Å². The average molecular weight is 204 g/mol. The Bertz CT molecular complexity index is 367. The number of aryl methyl sites for hydroxylation is 1. The fourth-order valence-electron chi connectivity index (χ4n) is 1.29. The molecule has 1 rings (SSSR count). The number of para-hydroxylation sites is 1. The van der Waals surface area contributed by atoms with Crippen LogP contribution < -0.4 is 4.74 Å². The van der Waals surface area contributed by atoms with Crippen LogP contribution in [0.1, 0.15) is 29.3 Å². The van der Waals surface area contributed by atoms with Gasteiger partial charge in [0.25, 0.3) is 0 Å². The molecule has 0 atom stereocenters. The normalized spacial score (nSPS) is 9.73. The van der Waals surface area contributed by atoms with Crippen molar-refractivity contribution in [2.45, 2.75) is 20.3 Å². The van der Waals surface area contributed by atoms with Crippen molar-refractivity contribution in [3.8, 4) is 5.75 Å². The molecule has 0 fully saturated rings. The summed E-state index contributed by atoms with van der Waals surface area (Å²) in [5.74, 6) is 0.689. The van der Waals surface area contributed by atoms with E-state index in [-0.39, 0.29) is 0 Å². The van der Waals surface area contributed by atoms with Crippen molar-refractivity contribution < 1.29 is 9.53 Å². The molecule has 0 aliphatic carbocycles. The molecule has 0 aliphatic rings. The highest BCUT2D eigenvalue weighted by atomic mass is 16.5. The Morgan fingerprint density at radius 3 is 2.87 bits per heavy atom. The van der Waals surface area contributed by atoms with Gasteiger partial charge in [-0.25, -0.2) is 0 Å². The SMILES string of the molecule is C=C(C)CCOc1c(C)cccc1C=O. The van der Waals surface area contributed by atoms with Crippen LogP contribution >= 0.6 is 0 Å². The number of rotatable bonds is 5. The maximum Gasteiger partial charge on any atom is 0.153 e. The minimum absolute atomic E-state index is 0.570. The molecule has 1 aromatic carbocycles. The Morgan fingerprint density at radius 2 is 2.27 bits per heavy atom. The van der Waals surface area contributed by atoms with Gasteiger partial charge in [0.15, 0.2) is 6.29 Å². The van der Waals surface area contributed by atoms with E-state index in [1.807, 2.05) is 26.0 Å². The Morgan fingerprint density at radius 1 is 1.53 bits per heavy atom. The third kappa shape index (κ3) is 3.24. The Kier molecular flexibility index (Phi) is 4.10. The van der Waals surface area contributed by atoms with Gasteiger partial charge in [0.1, 0.15) is 5.75 Å². The monoisotopic (exact) mass is 204 g/mol. The largest absolute Gasteiger partial charge is 0.492 e. The van der Waals surface area contributed by atoms with Crippen LogP contribution in [0.15, 0.2) is 30.4 Å². The first-order valence-electron chi connectivity index (χ1n) is 4.97. The van der Waals surface area contributed by atoms with Crippen molar-refractivity contribution >= 4 is 6.29 Å². The minimum atomic E-state index is 0.570. The van der Waals surface area contributed by atoms with E-state index in [1.54, 1.807) is 6.07 Å². The van der Waals surface area contributed by atoms with Crippen molar-refractivity contribution in [2.75, 3.05) is 6.61 Å². The third-order valence-electron chi connectivity index (χ3n) is 2.14. The number of aldehydes is 1. The highest BCUT2D eigenvalue weighted by Gasteiger charge is 2.05. The summed E-state index contributed by atoms with van der Waals surface area (Å²) in [6.07, 6.45) is 1.63. The van der Waals surface area contributed by atoms with Crippen LogP contribution in [0.2, 0.25) is 0 Å². The third-order valence-corrected chi connectivity index (χ3v) is 2.14. The highest BCUT2D eigenvalue weighted by Crippen LogP contribution is 2.22. The average Bonchev–Trinajstić information content (AvgIpc) is 2.20. The molecule has 0 spiro atoms. The van der Waals surface area contributed by atoms with E-state index in [0.29, 0.717) is 17.9 Å². The molecule has 0 aliphatic heterocycles. The maximum atomic E-state index is 10.8. The van der Waals surface area contributed by atoms with Gasteiger partial charge in [-0.15, -0.1) is 6.58 Å². The summed E-state index contributed by atoms with van der Waals surface area (Å²) in [7, 11) is 0. The van der Waals surface area contributed by atoms with E-state index in [4.69, 9.17) is 4.74 Å². The molecule has 0 bridgehead atoms. The minimum Gasteiger partial charge on any atom is -0.492 e. The molecule has 0 heterocycles. The van der Waals surface area contributed by atoms with Crippen LogP contribution in [-0.2, 0) is 0 Å². The molecule has 0 saturated carbocycles. The second-order valence-corrected chi connectivity index (χ2v) is 3.67. The van der Waals surface area contributed by atoms with Gasteiger partial charge in [-0.05, 0) is 25.5 Å². The molecule has 2 heteroatoms. The van der Waals surface area contributed by atoms with Crippen molar-refractivity contribution in [2.24, 2.45) is 0 Å². The van der Waals surface area contributed by atoms with Gasteiger partial charge < -0.3 is 4.74 Å². The van der Waals surface area contributed by atoms with Gasteiger partial charge in [-0.1, -0.05) is 17.7 Å².